The summed E-state index contributed by atoms with van der Waals surface area (Å²) in [6.07, 6.45) is 1.33. The van der Waals surface area contributed by atoms with Gasteiger partial charge in [-0.3, -0.25) is 9.59 Å². The van der Waals surface area contributed by atoms with Gasteiger partial charge in [-0.2, -0.15) is 5.10 Å². The van der Waals surface area contributed by atoms with Crippen LogP contribution in [0.4, 0.5) is 0 Å². The number of ether oxygens (including phenoxy) is 1. The zero-order valence-electron chi connectivity index (χ0n) is 17.5. The Morgan fingerprint density at radius 3 is 2.52 bits per heavy atom. The summed E-state index contributed by atoms with van der Waals surface area (Å²) in [5.41, 5.74) is 4.48. The summed E-state index contributed by atoms with van der Waals surface area (Å²) in [5, 5.41) is 6.68. The summed E-state index contributed by atoms with van der Waals surface area (Å²) < 4.78 is 6.18. The zero-order valence-corrected chi connectivity index (χ0v) is 19.8. The van der Waals surface area contributed by atoms with E-state index in [9.17, 15) is 14.4 Å². The molecule has 0 saturated carbocycles. The molecule has 0 aliphatic heterocycles. The fourth-order valence-corrected chi connectivity index (χ4v) is 3.27. The number of rotatable bonds is 7. The molecule has 9 heteroatoms. The molecule has 0 radical (unpaired) electrons. The van der Waals surface area contributed by atoms with Gasteiger partial charge in [-0.15, -0.1) is 0 Å². The van der Waals surface area contributed by atoms with Crippen LogP contribution in [0.25, 0.3) is 0 Å². The van der Waals surface area contributed by atoms with Crippen LogP contribution in [0.5, 0.6) is 5.75 Å². The molecule has 0 fully saturated rings. The Hall–Kier alpha value is -3.49. The Balaban J connectivity index is 1.60. The van der Waals surface area contributed by atoms with Gasteiger partial charge in [0.25, 0.3) is 11.8 Å². The Morgan fingerprint density at radius 2 is 1.79 bits per heavy atom. The quantitative estimate of drug-likeness (QED) is 0.204. The minimum Gasteiger partial charge on any atom is -0.422 e. The first kappa shape index (κ1) is 24.2. The number of benzene rings is 3. The molecule has 0 spiro atoms. The average molecular weight is 529 g/mol. The smallest absolute Gasteiger partial charge is 0.345 e. The van der Waals surface area contributed by atoms with Crippen molar-refractivity contribution in [2.24, 2.45) is 5.10 Å². The monoisotopic (exact) mass is 527 g/mol. The third-order valence-corrected chi connectivity index (χ3v) is 5.21. The molecule has 0 bridgehead atoms. The molecule has 2 amide bonds. The molecule has 2 N–H and O–H groups in total. The van der Waals surface area contributed by atoms with E-state index in [0.29, 0.717) is 11.1 Å². The summed E-state index contributed by atoms with van der Waals surface area (Å²) in [6.45, 7) is 1.67. The molecule has 0 aliphatic rings. The average Bonchev–Trinajstić information content (AvgIpc) is 2.80. The van der Waals surface area contributed by atoms with E-state index in [4.69, 9.17) is 16.3 Å². The predicted octanol–water partition coefficient (Wildman–Crippen LogP) is 4.51. The highest BCUT2D eigenvalue weighted by Crippen LogP contribution is 2.24. The van der Waals surface area contributed by atoms with Crippen LogP contribution in [-0.2, 0) is 4.79 Å². The fourth-order valence-electron chi connectivity index (χ4n) is 2.68. The van der Waals surface area contributed by atoms with E-state index >= 15 is 0 Å². The van der Waals surface area contributed by atoms with E-state index in [1.54, 1.807) is 54.6 Å². The van der Waals surface area contributed by atoms with Gasteiger partial charge in [0.15, 0.2) is 0 Å². The Bertz CT molecular complexity index is 1210. The van der Waals surface area contributed by atoms with Crippen molar-refractivity contribution in [1.29, 1.82) is 0 Å². The van der Waals surface area contributed by atoms with E-state index in [-0.39, 0.29) is 28.8 Å². The lowest BCUT2D eigenvalue weighted by Gasteiger charge is -2.09. The first-order chi connectivity index (χ1) is 15.8. The maximum absolute atomic E-state index is 12.5. The molecule has 0 aromatic heterocycles. The van der Waals surface area contributed by atoms with E-state index in [0.717, 1.165) is 10.0 Å². The van der Waals surface area contributed by atoms with Gasteiger partial charge in [-0.1, -0.05) is 57.4 Å². The lowest BCUT2D eigenvalue weighted by Crippen LogP contribution is -2.34. The van der Waals surface area contributed by atoms with Crippen molar-refractivity contribution >= 4 is 51.5 Å². The Labute approximate surface area is 203 Å². The minimum absolute atomic E-state index is 0.225. The third kappa shape index (κ3) is 7.00. The largest absolute Gasteiger partial charge is 0.422 e. The van der Waals surface area contributed by atoms with Gasteiger partial charge < -0.3 is 10.1 Å². The second-order valence-electron chi connectivity index (χ2n) is 6.89. The SMILES string of the molecule is Cc1ccc(C(=O)NCC(=O)NN=Cc2cc(Br)ccc2OC(=O)c2ccccc2Cl)cc1. The summed E-state index contributed by atoms with van der Waals surface area (Å²) in [5.74, 6) is -1.28. The first-order valence-electron chi connectivity index (χ1n) is 9.76. The van der Waals surface area contributed by atoms with E-state index < -0.39 is 11.9 Å². The zero-order chi connectivity index (χ0) is 23.8. The van der Waals surface area contributed by atoms with Gasteiger partial charge in [0, 0.05) is 15.6 Å². The van der Waals surface area contributed by atoms with E-state index in [1.807, 2.05) is 19.1 Å². The third-order valence-electron chi connectivity index (χ3n) is 4.38. The van der Waals surface area contributed by atoms with Crippen LogP contribution in [0.2, 0.25) is 5.02 Å². The highest BCUT2D eigenvalue weighted by atomic mass is 79.9. The number of hydrogen-bond donors (Lipinski definition) is 2. The molecule has 0 unspecified atom stereocenters. The lowest BCUT2D eigenvalue weighted by molar-refractivity contribution is -0.120. The number of hydrazone groups is 1. The topological polar surface area (TPSA) is 96.9 Å². The Kier molecular flexibility index (Phi) is 8.34. The maximum atomic E-state index is 12.5. The molecule has 33 heavy (non-hydrogen) atoms. The standard InChI is InChI=1S/C24H19BrClN3O4/c1-15-6-8-16(9-7-15)23(31)27-14-22(30)29-28-13-17-12-18(25)10-11-21(17)33-24(32)19-4-2-3-5-20(19)26/h2-13H,14H2,1H3,(H,27,31)(H,29,30). The maximum Gasteiger partial charge on any atom is 0.345 e. The summed E-state index contributed by atoms with van der Waals surface area (Å²) in [6, 6.07) is 18.5. The number of aryl methyl sites for hydroxylation is 1. The molecule has 0 aliphatic carbocycles. The second kappa shape index (κ2) is 11.4. The lowest BCUT2D eigenvalue weighted by atomic mass is 10.1. The summed E-state index contributed by atoms with van der Waals surface area (Å²) in [4.78, 5) is 36.6. The fraction of sp³-hybridized carbons (Fsp3) is 0.0833. The van der Waals surface area contributed by atoms with Crippen LogP contribution in [0.3, 0.4) is 0 Å². The number of esters is 1. The number of halogens is 2. The molecular weight excluding hydrogens is 510 g/mol. The summed E-state index contributed by atoms with van der Waals surface area (Å²) in [7, 11) is 0. The predicted molar refractivity (Wildman–Crippen MR) is 130 cm³/mol. The van der Waals surface area contributed by atoms with Gasteiger partial charge in [-0.05, 0) is 49.4 Å². The number of amides is 2. The van der Waals surface area contributed by atoms with Crippen LogP contribution in [-0.4, -0.2) is 30.5 Å². The number of carbonyl (C=O) groups is 3. The van der Waals surface area contributed by atoms with Crippen LogP contribution in [0.15, 0.2) is 76.3 Å². The summed E-state index contributed by atoms with van der Waals surface area (Å²) >= 11 is 9.40. The molecular formula is C24H19BrClN3O4. The van der Waals surface area contributed by atoms with Gasteiger partial charge in [-0.25, -0.2) is 10.2 Å². The van der Waals surface area contributed by atoms with Crippen LogP contribution >= 0.6 is 27.5 Å². The van der Waals surface area contributed by atoms with Crippen molar-refractivity contribution in [3.63, 3.8) is 0 Å². The van der Waals surface area contributed by atoms with Gasteiger partial charge in [0.05, 0.1) is 23.3 Å². The number of nitrogens with one attached hydrogen (secondary N) is 2. The molecule has 3 aromatic carbocycles. The first-order valence-corrected chi connectivity index (χ1v) is 10.9. The van der Waals surface area contributed by atoms with E-state index in [1.165, 1.54) is 6.21 Å². The molecule has 3 rings (SSSR count). The molecule has 0 heterocycles. The molecule has 7 nitrogen and oxygen atoms in total. The van der Waals surface area contributed by atoms with Crippen molar-refractivity contribution in [2.45, 2.75) is 6.92 Å². The number of nitrogens with zero attached hydrogens (tertiary/aromatic N) is 1. The van der Waals surface area contributed by atoms with E-state index in [2.05, 4.69) is 31.8 Å². The van der Waals surface area contributed by atoms with Crippen LogP contribution in [0, 0.1) is 6.92 Å². The second-order valence-corrected chi connectivity index (χ2v) is 8.22. The van der Waals surface area contributed by atoms with Gasteiger partial charge >= 0.3 is 5.97 Å². The minimum atomic E-state index is -0.625. The van der Waals surface area contributed by atoms with Crippen LogP contribution in [0.1, 0.15) is 31.8 Å². The molecule has 168 valence electrons. The highest BCUT2D eigenvalue weighted by Gasteiger charge is 2.14. The van der Waals surface area contributed by atoms with Crippen molar-refractivity contribution in [3.05, 3.63) is 98.5 Å². The van der Waals surface area contributed by atoms with Crippen molar-refractivity contribution in [2.75, 3.05) is 6.54 Å². The normalized spacial score (nSPS) is 10.6. The van der Waals surface area contributed by atoms with Crippen LogP contribution < -0.4 is 15.5 Å². The molecule has 0 saturated heterocycles. The van der Waals surface area contributed by atoms with Gasteiger partial charge in [0.2, 0.25) is 0 Å². The Morgan fingerprint density at radius 1 is 1.06 bits per heavy atom. The molecule has 0 atom stereocenters. The number of hydrogen-bond acceptors (Lipinski definition) is 5. The highest BCUT2D eigenvalue weighted by molar-refractivity contribution is 9.10. The molecule has 3 aromatic rings. The van der Waals surface area contributed by atoms with Crippen molar-refractivity contribution < 1.29 is 19.1 Å². The number of carbonyl (C=O) groups excluding carboxylic acids is 3. The van der Waals surface area contributed by atoms with Gasteiger partial charge in [0.1, 0.15) is 5.75 Å². The van der Waals surface area contributed by atoms with Crippen molar-refractivity contribution in [1.82, 2.24) is 10.7 Å². The van der Waals surface area contributed by atoms with Crippen molar-refractivity contribution in [3.8, 4) is 5.75 Å².